The van der Waals surface area contributed by atoms with Crippen molar-refractivity contribution < 1.29 is 23.4 Å². The van der Waals surface area contributed by atoms with E-state index in [0.717, 1.165) is 16.7 Å². The number of methoxy groups -OCH3 is 2. The van der Waals surface area contributed by atoms with Crippen molar-refractivity contribution in [1.29, 1.82) is 0 Å². The maximum Gasteiger partial charge on any atom is 0.307 e. The first kappa shape index (κ1) is 19.8. The molecule has 0 atom stereocenters. The molecule has 146 valence electrons. The molecule has 1 amide bonds. The van der Waals surface area contributed by atoms with Crippen molar-refractivity contribution in [3.8, 4) is 17.2 Å². The van der Waals surface area contributed by atoms with Gasteiger partial charge in [0, 0.05) is 5.39 Å². The lowest BCUT2D eigenvalue weighted by molar-refractivity contribution is 0.0929. The SMILES string of the molecule is CCOc1ccc2oc(C(=O)N/N=C\c3cc(Br)c(OC)c(OC)c3)cc2c1. The van der Waals surface area contributed by atoms with E-state index in [0.29, 0.717) is 28.2 Å². The second-order valence-electron chi connectivity index (χ2n) is 5.68. The van der Waals surface area contributed by atoms with Gasteiger partial charge in [0.05, 0.1) is 31.5 Å². The molecular formula is C20H19BrN2O5. The van der Waals surface area contributed by atoms with Crippen LogP contribution in [0.1, 0.15) is 23.0 Å². The van der Waals surface area contributed by atoms with Crippen LogP contribution in [0.4, 0.5) is 0 Å². The highest BCUT2D eigenvalue weighted by Gasteiger charge is 2.13. The number of hydrogen-bond donors (Lipinski definition) is 1. The third-order valence-corrected chi connectivity index (χ3v) is 4.45. The van der Waals surface area contributed by atoms with E-state index in [1.54, 1.807) is 44.6 Å². The Morgan fingerprint density at radius 2 is 2.04 bits per heavy atom. The normalized spacial score (nSPS) is 11.0. The first-order chi connectivity index (χ1) is 13.5. The minimum Gasteiger partial charge on any atom is -0.494 e. The number of hydrogen-bond acceptors (Lipinski definition) is 6. The Kier molecular flexibility index (Phi) is 6.20. The average Bonchev–Trinajstić information content (AvgIpc) is 3.11. The molecule has 0 aliphatic carbocycles. The zero-order valence-electron chi connectivity index (χ0n) is 15.6. The summed E-state index contributed by atoms with van der Waals surface area (Å²) in [6.45, 7) is 2.48. The number of carbonyl (C=O) groups is 1. The van der Waals surface area contributed by atoms with Gasteiger partial charge in [-0.1, -0.05) is 0 Å². The molecule has 0 saturated carbocycles. The van der Waals surface area contributed by atoms with Crippen LogP contribution in [-0.4, -0.2) is 32.9 Å². The Hall–Kier alpha value is -3.00. The number of furan rings is 1. The van der Waals surface area contributed by atoms with Crippen LogP contribution in [0.25, 0.3) is 11.0 Å². The van der Waals surface area contributed by atoms with Crippen molar-refractivity contribution >= 4 is 39.0 Å². The zero-order chi connectivity index (χ0) is 20.1. The number of fused-ring (bicyclic) bond motifs is 1. The Labute approximate surface area is 170 Å². The monoisotopic (exact) mass is 446 g/mol. The van der Waals surface area contributed by atoms with Crippen LogP contribution in [0.3, 0.4) is 0 Å². The van der Waals surface area contributed by atoms with E-state index in [4.69, 9.17) is 18.6 Å². The minimum atomic E-state index is -0.454. The molecule has 28 heavy (non-hydrogen) atoms. The molecule has 0 aliphatic rings. The fraction of sp³-hybridized carbons (Fsp3) is 0.200. The minimum absolute atomic E-state index is 0.161. The number of nitrogens with one attached hydrogen (secondary N) is 1. The van der Waals surface area contributed by atoms with Gasteiger partial charge in [0.25, 0.3) is 0 Å². The molecular weight excluding hydrogens is 428 g/mol. The fourth-order valence-electron chi connectivity index (χ4n) is 2.62. The quantitative estimate of drug-likeness (QED) is 0.430. The van der Waals surface area contributed by atoms with Crippen molar-refractivity contribution in [3.05, 3.63) is 52.2 Å². The van der Waals surface area contributed by atoms with Gasteiger partial charge in [-0.05, 0) is 64.8 Å². The number of rotatable bonds is 7. The average molecular weight is 447 g/mol. The summed E-state index contributed by atoms with van der Waals surface area (Å²) in [5, 5.41) is 4.76. The summed E-state index contributed by atoms with van der Waals surface area (Å²) in [4.78, 5) is 12.3. The number of hydrazone groups is 1. The first-order valence-corrected chi connectivity index (χ1v) is 9.26. The third kappa shape index (κ3) is 4.28. The van der Waals surface area contributed by atoms with Crippen LogP contribution < -0.4 is 19.6 Å². The Morgan fingerprint density at radius 1 is 1.21 bits per heavy atom. The summed E-state index contributed by atoms with van der Waals surface area (Å²) < 4.78 is 22.3. The molecule has 0 radical (unpaired) electrons. The molecule has 0 bridgehead atoms. The van der Waals surface area contributed by atoms with Crippen molar-refractivity contribution in [3.63, 3.8) is 0 Å². The standard InChI is InChI=1S/C20H19BrN2O5/c1-4-27-14-5-6-16-13(9-14)10-18(28-16)20(24)23-22-11-12-7-15(21)19(26-3)17(8-12)25-2/h5-11H,4H2,1-3H3,(H,23,24)/b22-11-. The molecule has 0 spiro atoms. The van der Waals surface area contributed by atoms with Crippen molar-refractivity contribution in [2.75, 3.05) is 20.8 Å². The van der Waals surface area contributed by atoms with E-state index in [2.05, 4.69) is 26.5 Å². The van der Waals surface area contributed by atoms with E-state index < -0.39 is 5.91 Å². The van der Waals surface area contributed by atoms with Crippen LogP contribution >= 0.6 is 15.9 Å². The molecule has 3 aromatic rings. The molecule has 2 aromatic carbocycles. The van der Waals surface area contributed by atoms with Crippen LogP contribution in [0.2, 0.25) is 0 Å². The number of benzene rings is 2. The lowest BCUT2D eigenvalue weighted by atomic mass is 10.2. The van der Waals surface area contributed by atoms with E-state index in [1.165, 1.54) is 6.21 Å². The van der Waals surface area contributed by atoms with Gasteiger partial charge < -0.3 is 18.6 Å². The van der Waals surface area contributed by atoms with Gasteiger partial charge in [-0.3, -0.25) is 4.79 Å². The van der Waals surface area contributed by atoms with Crippen LogP contribution in [0.5, 0.6) is 17.2 Å². The molecule has 0 aliphatic heterocycles. The molecule has 7 nitrogen and oxygen atoms in total. The van der Waals surface area contributed by atoms with Gasteiger partial charge in [-0.25, -0.2) is 5.43 Å². The lowest BCUT2D eigenvalue weighted by Crippen LogP contribution is -2.16. The summed E-state index contributed by atoms with van der Waals surface area (Å²) >= 11 is 3.41. The fourth-order valence-corrected chi connectivity index (χ4v) is 3.24. The molecule has 3 rings (SSSR count). The highest BCUT2D eigenvalue weighted by Crippen LogP contribution is 2.35. The molecule has 0 unspecified atom stereocenters. The second-order valence-corrected chi connectivity index (χ2v) is 6.53. The van der Waals surface area contributed by atoms with E-state index in [-0.39, 0.29) is 5.76 Å². The van der Waals surface area contributed by atoms with E-state index in [9.17, 15) is 4.79 Å². The highest BCUT2D eigenvalue weighted by molar-refractivity contribution is 9.10. The highest BCUT2D eigenvalue weighted by atomic mass is 79.9. The molecule has 8 heteroatoms. The van der Waals surface area contributed by atoms with Crippen LogP contribution in [0, 0.1) is 0 Å². The predicted octanol–water partition coefficient (Wildman–Crippen LogP) is 4.38. The lowest BCUT2D eigenvalue weighted by Gasteiger charge is -2.10. The van der Waals surface area contributed by atoms with Crippen LogP contribution in [0.15, 0.2) is 50.4 Å². The number of ether oxygens (including phenoxy) is 3. The van der Waals surface area contributed by atoms with Gasteiger partial charge in [0.15, 0.2) is 17.3 Å². The van der Waals surface area contributed by atoms with E-state index >= 15 is 0 Å². The maximum absolute atomic E-state index is 12.3. The molecule has 1 heterocycles. The van der Waals surface area contributed by atoms with Gasteiger partial charge in [-0.15, -0.1) is 0 Å². The Bertz CT molecular complexity index is 1030. The third-order valence-electron chi connectivity index (χ3n) is 3.86. The van der Waals surface area contributed by atoms with Crippen molar-refractivity contribution in [2.24, 2.45) is 5.10 Å². The summed E-state index contributed by atoms with van der Waals surface area (Å²) in [6.07, 6.45) is 1.50. The maximum atomic E-state index is 12.3. The Balaban J connectivity index is 1.73. The van der Waals surface area contributed by atoms with Gasteiger partial charge in [-0.2, -0.15) is 5.10 Å². The van der Waals surface area contributed by atoms with Crippen molar-refractivity contribution in [2.45, 2.75) is 6.92 Å². The summed E-state index contributed by atoms with van der Waals surface area (Å²) in [6, 6.07) is 10.6. The topological polar surface area (TPSA) is 82.3 Å². The Morgan fingerprint density at radius 3 is 2.75 bits per heavy atom. The first-order valence-electron chi connectivity index (χ1n) is 8.47. The van der Waals surface area contributed by atoms with E-state index in [1.807, 2.05) is 13.0 Å². The summed E-state index contributed by atoms with van der Waals surface area (Å²) in [5.41, 5.74) is 3.77. The van der Waals surface area contributed by atoms with Crippen LogP contribution in [-0.2, 0) is 0 Å². The number of halogens is 1. The molecule has 0 saturated heterocycles. The number of carbonyl (C=O) groups excluding carboxylic acids is 1. The second kappa shape index (κ2) is 8.79. The van der Waals surface area contributed by atoms with Gasteiger partial charge in [0.2, 0.25) is 0 Å². The predicted molar refractivity (Wildman–Crippen MR) is 110 cm³/mol. The zero-order valence-corrected chi connectivity index (χ0v) is 17.2. The summed E-state index contributed by atoms with van der Waals surface area (Å²) in [7, 11) is 3.10. The van der Waals surface area contributed by atoms with Gasteiger partial charge >= 0.3 is 5.91 Å². The smallest absolute Gasteiger partial charge is 0.307 e. The number of nitrogens with zero attached hydrogens (tertiary/aromatic N) is 1. The number of amides is 1. The van der Waals surface area contributed by atoms with Crippen molar-refractivity contribution in [1.82, 2.24) is 5.43 Å². The largest absolute Gasteiger partial charge is 0.494 e. The molecule has 1 aromatic heterocycles. The summed E-state index contributed by atoms with van der Waals surface area (Å²) in [5.74, 6) is 1.56. The molecule has 1 N–H and O–H groups in total. The molecule has 0 fully saturated rings. The van der Waals surface area contributed by atoms with Gasteiger partial charge in [0.1, 0.15) is 11.3 Å².